The molecule has 1 aliphatic carbocycles. The molecular weight excluding hydrogens is 787 g/mol. The lowest BCUT2D eigenvalue weighted by atomic mass is 9.92. The summed E-state index contributed by atoms with van der Waals surface area (Å²) in [6.07, 6.45) is 7.18. The molecule has 3 saturated heterocycles. The van der Waals surface area contributed by atoms with Crippen molar-refractivity contribution in [2.24, 2.45) is 5.92 Å². The van der Waals surface area contributed by atoms with Gasteiger partial charge >= 0.3 is 12.2 Å². The fourth-order valence-corrected chi connectivity index (χ4v) is 8.92. The predicted octanol–water partition coefficient (Wildman–Crippen LogP) is 6.86. The highest BCUT2D eigenvalue weighted by atomic mass is 35.5. The normalized spacial score (nSPS) is 21.1. The Kier molecular flexibility index (Phi) is 12.6. The molecule has 312 valence electrons. The molecule has 3 aliphatic heterocycles. The molecule has 1 saturated carbocycles. The summed E-state index contributed by atoms with van der Waals surface area (Å²) in [5.41, 5.74) is 0.714. The van der Waals surface area contributed by atoms with E-state index in [0.29, 0.717) is 50.6 Å². The first kappa shape index (κ1) is 41.7. The number of ether oxygens (including phenoxy) is 1. The molecule has 0 radical (unpaired) electrons. The number of imide groups is 1. The number of rotatable bonds is 9. The predicted molar refractivity (Wildman–Crippen MR) is 217 cm³/mol. The number of hydrogen-bond donors (Lipinski definition) is 2. The molecule has 4 aliphatic rings. The van der Waals surface area contributed by atoms with Gasteiger partial charge in [0.2, 0.25) is 5.91 Å². The van der Waals surface area contributed by atoms with Crippen molar-refractivity contribution in [3.8, 4) is 11.8 Å². The maximum atomic E-state index is 13.4. The minimum atomic E-state index is -4.65. The first-order valence-corrected chi connectivity index (χ1v) is 20.1. The molecule has 0 unspecified atom stereocenters. The van der Waals surface area contributed by atoms with Crippen molar-refractivity contribution in [2.75, 3.05) is 49.1 Å². The summed E-state index contributed by atoms with van der Waals surface area (Å²) in [5, 5.41) is 15.5. The van der Waals surface area contributed by atoms with Crippen molar-refractivity contribution in [1.82, 2.24) is 30.1 Å². The van der Waals surface area contributed by atoms with Crippen molar-refractivity contribution in [2.45, 2.75) is 82.2 Å². The Bertz CT molecular complexity index is 2190. The maximum absolute atomic E-state index is 13.4. The third kappa shape index (κ3) is 9.42. The Labute approximate surface area is 346 Å². The van der Waals surface area contributed by atoms with Gasteiger partial charge in [-0.2, -0.15) is 18.4 Å². The minimum Gasteiger partial charge on any atom is -0.490 e. The van der Waals surface area contributed by atoms with Gasteiger partial charge < -0.3 is 24.4 Å². The second kappa shape index (κ2) is 17.8. The number of halogens is 4. The molecule has 13 nitrogen and oxygen atoms in total. The van der Waals surface area contributed by atoms with Crippen LogP contribution in [0.2, 0.25) is 0 Å². The minimum absolute atomic E-state index is 0. The largest absolute Gasteiger partial charge is 0.490 e. The van der Waals surface area contributed by atoms with E-state index < -0.39 is 17.3 Å². The van der Waals surface area contributed by atoms with Gasteiger partial charge in [0.1, 0.15) is 17.3 Å². The van der Waals surface area contributed by atoms with Crippen LogP contribution in [0.1, 0.15) is 85.4 Å². The number of alkyl halides is 3. The number of nitriles is 1. The molecule has 4 amide bonds. The Hall–Kier alpha value is -5.40. The highest BCUT2D eigenvalue weighted by Crippen LogP contribution is 2.36. The Balaban J connectivity index is 0.00000528. The Morgan fingerprint density at radius 3 is 2.37 bits per heavy atom. The summed E-state index contributed by atoms with van der Waals surface area (Å²) in [7, 11) is 0. The van der Waals surface area contributed by atoms with E-state index in [0.717, 1.165) is 92.9 Å². The zero-order valence-electron chi connectivity index (χ0n) is 32.5. The SMILES string of the molecule is Cl.N#Cc1ccc(O[C@H]2CC[C@H](NC(=O)c3cnc(N4CCC(CN5CCC(n6ccc7c(N8CCC(=O)NC8=O)cccc76)CC5)CC4)cn3)CC2)cc1C(F)(F)F. The van der Waals surface area contributed by atoms with Crippen LogP contribution in [0.15, 0.2) is 61.1 Å². The number of nitrogens with one attached hydrogen (secondary N) is 2. The van der Waals surface area contributed by atoms with E-state index >= 15 is 0 Å². The molecule has 4 aromatic rings. The van der Waals surface area contributed by atoms with E-state index in [9.17, 15) is 27.6 Å². The second-order valence-corrected chi connectivity index (χ2v) is 15.8. The first-order chi connectivity index (χ1) is 28.0. The highest BCUT2D eigenvalue weighted by molar-refractivity contribution is 6.09. The third-order valence-corrected chi connectivity index (χ3v) is 12.1. The standard InChI is InChI=1S/C42H46F3N9O4.ClH/c43-42(44,45)34-22-32(7-4-28(34)23-46)58-31-8-5-29(6-9-31)49-40(56)35-24-48-38(25-47-35)52-18-10-27(11-19-52)26-51-16-12-30(13-17-51)53-20-14-33-36(53)2-1-3-37(33)54-21-15-39(55)50-41(54)57;/h1-4,7,14,20,22,24-25,27,29-31H,5-6,8-13,15-19,21,26H2,(H,49,56)(H,50,55,57);1H/t29-,31-;. The average molecular weight is 834 g/mol. The van der Waals surface area contributed by atoms with Crippen molar-refractivity contribution in [3.05, 3.63) is 77.9 Å². The van der Waals surface area contributed by atoms with Gasteiger partial charge in [-0.25, -0.2) is 14.8 Å². The average Bonchev–Trinajstić information content (AvgIpc) is 3.67. The number of hydrogen-bond acceptors (Lipinski definition) is 9. The van der Waals surface area contributed by atoms with Gasteiger partial charge in [0.25, 0.3) is 5.91 Å². The quantitative estimate of drug-likeness (QED) is 0.185. The monoisotopic (exact) mass is 833 g/mol. The fourth-order valence-electron chi connectivity index (χ4n) is 8.92. The van der Waals surface area contributed by atoms with Crippen LogP contribution in [0.5, 0.6) is 5.75 Å². The van der Waals surface area contributed by atoms with Gasteiger partial charge in [-0.05, 0) is 93.7 Å². The van der Waals surface area contributed by atoms with Gasteiger partial charge in [0.15, 0.2) is 0 Å². The lowest BCUT2D eigenvalue weighted by Gasteiger charge is -2.38. The number of likely N-dealkylation sites (tertiary alicyclic amines) is 1. The summed E-state index contributed by atoms with van der Waals surface area (Å²) in [6, 6.07) is 13.0. The van der Waals surface area contributed by atoms with E-state index in [1.807, 2.05) is 12.1 Å². The topological polar surface area (TPSA) is 149 Å². The molecule has 4 fully saturated rings. The van der Waals surface area contributed by atoms with E-state index in [1.165, 1.54) is 12.3 Å². The number of amides is 4. The van der Waals surface area contributed by atoms with E-state index in [4.69, 9.17) is 10.00 Å². The number of carbonyl (C=O) groups is 3. The summed E-state index contributed by atoms with van der Waals surface area (Å²) < 4.78 is 48.3. The zero-order chi connectivity index (χ0) is 40.4. The summed E-state index contributed by atoms with van der Waals surface area (Å²) in [5.74, 6) is 0.860. The number of urea groups is 1. The maximum Gasteiger partial charge on any atom is 0.417 e. The zero-order valence-corrected chi connectivity index (χ0v) is 33.3. The van der Waals surface area contributed by atoms with Crippen LogP contribution in [0.3, 0.4) is 0 Å². The molecule has 8 rings (SSSR count). The van der Waals surface area contributed by atoms with Crippen molar-refractivity contribution < 1.29 is 32.3 Å². The smallest absolute Gasteiger partial charge is 0.417 e. The van der Waals surface area contributed by atoms with E-state index in [2.05, 4.69) is 53.3 Å². The molecule has 2 aromatic heterocycles. The lowest BCUT2D eigenvalue weighted by molar-refractivity contribution is -0.138. The van der Waals surface area contributed by atoms with Crippen molar-refractivity contribution in [1.29, 1.82) is 5.26 Å². The first-order valence-electron chi connectivity index (χ1n) is 20.1. The molecule has 0 spiro atoms. The molecule has 5 heterocycles. The molecule has 17 heteroatoms. The number of carbonyl (C=O) groups excluding carboxylic acids is 3. The Morgan fingerprint density at radius 2 is 1.69 bits per heavy atom. The molecule has 0 bridgehead atoms. The van der Waals surface area contributed by atoms with Gasteiger partial charge in [-0.1, -0.05) is 6.07 Å². The number of fused-ring (bicyclic) bond motifs is 1. The Morgan fingerprint density at radius 1 is 0.932 bits per heavy atom. The fraction of sp³-hybridized carbons (Fsp3) is 0.476. The van der Waals surface area contributed by atoms with E-state index in [-0.39, 0.29) is 53.8 Å². The van der Waals surface area contributed by atoms with Crippen molar-refractivity contribution in [3.63, 3.8) is 0 Å². The van der Waals surface area contributed by atoms with Crippen LogP contribution in [0.4, 0.5) is 29.5 Å². The molecule has 2 N–H and O–H groups in total. The van der Waals surface area contributed by atoms with Gasteiger partial charge in [-0.3, -0.25) is 19.8 Å². The number of aromatic nitrogens is 3. The van der Waals surface area contributed by atoms with Crippen molar-refractivity contribution >= 4 is 52.7 Å². The van der Waals surface area contributed by atoms with Gasteiger partial charge in [0, 0.05) is 69.4 Å². The number of anilines is 2. The van der Waals surface area contributed by atoms with Crippen LogP contribution in [-0.4, -0.2) is 88.7 Å². The number of piperidine rings is 2. The summed E-state index contributed by atoms with van der Waals surface area (Å²) in [6.45, 7) is 5.22. The lowest BCUT2D eigenvalue weighted by Crippen LogP contribution is -2.49. The molecule has 0 atom stereocenters. The summed E-state index contributed by atoms with van der Waals surface area (Å²) in [4.78, 5) is 52.7. The second-order valence-electron chi connectivity index (χ2n) is 15.8. The molecule has 2 aromatic carbocycles. The van der Waals surface area contributed by atoms with Crippen LogP contribution in [0, 0.1) is 17.2 Å². The number of nitrogens with zero attached hydrogens (tertiary/aromatic N) is 7. The highest BCUT2D eigenvalue weighted by Gasteiger charge is 2.35. The number of benzene rings is 2. The van der Waals surface area contributed by atoms with Crippen LogP contribution >= 0.6 is 12.4 Å². The van der Waals surface area contributed by atoms with Crippen LogP contribution in [0.25, 0.3) is 10.9 Å². The third-order valence-electron chi connectivity index (χ3n) is 12.1. The van der Waals surface area contributed by atoms with Gasteiger partial charge in [0.05, 0.1) is 46.9 Å². The van der Waals surface area contributed by atoms with Crippen LogP contribution in [-0.2, 0) is 11.0 Å². The van der Waals surface area contributed by atoms with E-state index in [1.54, 1.807) is 17.2 Å². The summed E-state index contributed by atoms with van der Waals surface area (Å²) >= 11 is 0. The van der Waals surface area contributed by atoms with Gasteiger partial charge in [-0.15, -0.1) is 12.4 Å². The molecular formula is C42H47ClF3N9O4. The van der Waals surface area contributed by atoms with Crippen LogP contribution < -0.4 is 25.2 Å². The molecule has 59 heavy (non-hydrogen) atoms.